The first-order valence-electron chi connectivity index (χ1n) is 1.62. The van der Waals surface area contributed by atoms with Gasteiger partial charge in [-0.3, -0.25) is 0 Å². The van der Waals surface area contributed by atoms with E-state index in [9.17, 15) is 0 Å². The number of hydrogen-bond donors (Lipinski definition) is 0. The molecule has 0 N–H and O–H groups in total. The Hall–Kier alpha value is 1.05. The van der Waals surface area contributed by atoms with Gasteiger partial charge in [0.25, 0.3) is 0 Å². The van der Waals surface area contributed by atoms with Crippen LogP contribution in [0.4, 0.5) is 0 Å². The van der Waals surface area contributed by atoms with Crippen LogP contribution in [-0.2, 0) is 0 Å². The van der Waals surface area contributed by atoms with Crippen molar-refractivity contribution in [2.45, 2.75) is 10.8 Å². The second-order valence-corrected chi connectivity index (χ2v) is 4.43. The van der Waals surface area contributed by atoms with Crippen molar-refractivity contribution in [1.29, 1.82) is 0 Å². The zero-order valence-corrected chi connectivity index (χ0v) is 8.01. The molecule has 0 amide bonds. The predicted molar refractivity (Wildman–Crippen MR) is 32.4 cm³/mol. The molecule has 36 valence electrons. The van der Waals surface area contributed by atoms with Crippen LogP contribution in [0.3, 0.4) is 0 Å². The van der Waals surface area contributed by atoms with E-state index >= 15 is 0 Å². The van der Waals surface area contributed by atoms with Crippen molar-refractivity contribution < 1.29 is 0 Å². The maximum atomic E-state index is 2.34. The second kappa shape index (κ2) is 6.05. The van der Waals surface area contributed by atoms with Gasteiger partial charge in [0.1, 0.15) is 0 Å². The molecule has 0 aliphatic rings. The molecule has 0 heterocycles. The molecule has 0 aliphatic carbocycles. The molecular weight excluding hydrogens is 255 g/mol. The Kier molecular flexibility index (Phi) is 7.11. The summed E-state index contributed by atoms with van der Waals surface area (Å²) in [6.45, 7) is 0. The molecule has 6 heavy (non-hydrogen) atoms. The fraction of sp³-hybridized carbons (Fsp3) is 0.500. The van der Waals surface area contributed by atoms with Crippen LogP contribution >= 0.6 is 0 Å². The van der Waals surface area contributed by atoms with Crippen molar-refractivity contribution in [3.8, 4) is 0 Å². The molecule has 0 rings (SSSR count). The van der Waals surface area contributed by atoms with Gasteiger partial charge < -0.3 is 0 Å². The van der Waals surface area contributed by atoms with Crippen molar-refractivity contribution in [2.24, 2.45) is 0 Å². The van der Waals surface area contributed by atoms with Gasteiger partial charge in [-0.05, 0) is 0 Å². The molecule has 0 aliphatic heterocycles. The average molecular weight is 263 g/mol. The second-order valence-electron chi connectivity index (χ2n) is 0.744. The van der Waals surface area contributed by atoms with Gasteiger partial charge in [-0.2, -0.15) is 0 Å². The fourth-order valence-corrected chi connectivity index (χ4v) is 3.87. The van der Waals surface area contributed by atoms with Gasteiger partial charge in [-0.15, -0.1) is 0 Å². The van der Waals surface area contributed by atoms with Gasteiger partial charge in [0.2, 0.25) is 0 Å². The summed E-state index contributed by atoms with van der Waals surface area (Å²) in [5.74, 6) is 2.23. The summed E-state index contributed by atoms with van der Waals surface area (Å²) in [4.78, 5) is 4.59. The molecule has 0 saturated carbocycles. The van der Waals surface area contributed by atoms with Crippen molar-refractivity contribution in [2.75, 3.05) is 0 Å². The van der Waals surface area contributed by atoms with E-state index in [0.29, 0.717) is 20.9 Å². The van der Waals surface area contributed by atoms with Crippen LogP contribution in [0.25, 0.3) is 0 Å². The molecule has 0 saturated heterocycles. The van der Waals surface area contributed by atoms with E-state index in [2.05, 4.69) is 19.9 Å². The summed E-state index contributed by atoms with van der Waals surface area (Å²) in [5.41, 5.74) is 0. The maximum absolute atomic E-state index is 2.34. The van der Waals surface area contributed by atoms with Gasteiger partial charge >= 0.3 is 55.8 Å². The summed E-state index contributed by atoms with van der Waals surface area (Å²) in [7, 11) is 0. The normalized spacial score (nSPS) is 10.3. The molecule has 0 aromatic rings. The Labute approximate surface area is 55.6 Å². The topological polar surface area (TPSA) is 0 Å². The molecular formula is C4H8SeTe. The Morgan fingerprint density at radius 2 is 2.33 bits per heavy atom. The molecule has 0 unspecified atom stereocenters. The van der Waals surface area contributed by atoms with Crippen LogP contribution in [0, 0.1) is 0 Å². The van der Waals surface area contributed by atoms with E-state index in [1.807, 2.05) is 0 Å². The fourth-order valence-electron chi connectivity index (χ4n) is 0.111. The number of hydrogen-bond acceptors (Lipinski definition) is 0. The Morgan fingerprint density at radius 3 is 2.50 bits per heavy atom. The third-order valence-corrected chi connectivity index (χ3v) is 3.56. The van der Waals surface area contributed by atoms with Crippen LogP contribution in [0.2, 0.25) is 10.8 Å². The molecule has 0 bridgehead atoms. The summed E-state index contributed by atoms with van der Waals surface area (Å²) in [5, 5.41) is 0. The third-order valence-electron chi connectivity index (χ3n) is 0.328. The zero-order valence-electron chi connectivity index (χ0n) is 3.97. The van der Waals surface area contributed by atoms with Gasteiger partial charge in [-0.1, -0.05) is 0 Å². The molecule has 2 heteroatoms. The minimum absolute atomic E-state index is 0.299. The van der Waals surface area contributed by atoms with Gasteiger partial charge in [-0.25, -0.2) is 0 Å². The van der Waals surface area contributed by atoms with Crippen LogP contribution in [0.15, 0.2) is 9.10 Å². The SMILES string of the molecule is C[Se]/C=C\[Te]C. The molecule has 0 nitrogen and oxygen atoms in total. The van der Waals surface area contributed by atoms with E-state index in [-0.39, 0.29) is 0 Å². The van der Waals surface area contributed by atoms with E-state index in [4.69, 9.17) is 0 Å². The van der Waals surface area contributed by atoms with Crippen molar-refractivity contribution >= 4 is 35.9 Å². The minimum atomic E-state index is 0.299. The van der Waals surface area contributed by atoms with E-state index in [1.165, 1.54) is 0 Å². The van der Waals surface area contributed by atoms with Crippen LogP contribution in [0.1, 0.15) is 0 Å². The van der Waals surface area contributed by atoms with Crippen LogP contribution in [0.5, 0.6) is 0 Å². The zero-order chi connectivity index (χ0) is 4.83. The first-order valence-corrected chi connectivity index (χ1v) is 8.00. The molecule has 0 radical (unpaired) electrons. The third kappa shape index (κ3) is 5.05. The van der Waals surface area contributed by atoms with Crippen LogP contribution < -0.4 is 0 Å². The molecule has 0 aromatic carbocycles. The van der Waals surface area contributed by atoms with E-state index in [0.717, 1.165) is 15.0 Å². The molecule has 0 atom stereocenters. The predicted octanol–water partition coefficient (Wildman–Crippen LogP) is 0.962. The summed E-state index contributed by atoms with van der Waals surface area (Å²) < 4.78 is 2.34. The number of rotatable bonds is 2. The van der Waals surface area contributed by atoms with Crippen LogP contribution in [-0.4, -0.2) is 35.9 Å². The van der Waals surface area contributed by atoms with Gasteiger partial charge in [0.15, 0.2) is 0 Å². The molecule has 0 fully saturated rings. The summed E-state index contributed by atoms with van der Waals surface area (Å²) in [6, 6.07) is 0. The summed E-state index contributed by atoms with van der Waals surface area (Å²) in [6.07, 6.45) is 0. The molecule has 0 spiro atoms. The summed E-state index contributed by atoms with van der Waals surface area (Å²) >= 11 is 1.08. The first kappa shape index (κ1) is 7.05. The van der Waals surface area contributed by atoms with E-state index in [1.54, 1.807) is 0 Å². The molecule has 0 aromatic heterocycles. The van der Waals surface area contributed by atoms with Crippen molar-refractivity contribution in [3.05, 3.63) is 9.10 Å². The standard InChI is InChI=1S/C4H8SeTe/c1-5-3-4-6-2/h3-4H,1-2H3/b4-3-. The van der Waals surface area contributed by atoms with E-state index < -0.39 is 0 Å². The van der Waals surface area contributed by atoms with Crippen molar-refractivity contribution in [3.63, 3.8) is 0 Å². The Bertz CT molecular complexity index is 36.8. The Morgan fingerprint density at radius 1 is 1.67 bits per heavy atom. The quantitative estimate of drug-likeness (QED) is 0.651. The van der Waals surface area contributed by atoms with Crippen molar-refractivity contribution in [1.82, 2.24) is 0 Å². The first-order chi connectivity index (χ1) is 2.91. The average Bonchev–Trinajstić information content (AvgIpc) is 1.61. The van der Waals surface area contributed by atoms with Gasteiger partial charge in [0.05, 0.1) is 0 Å². The monoisotopic (exact) mass is 266 g/mol. The Balaban J connectivity index is 2.73. The van der Waals surface area contributed by atoms with Gasteiger partial charge in [0, 0.05) is 0 Å².